The monoisotopic (exact) mass is 499 g/mol. The number of aromatic nitrogens is 5. The first-order valence-corrected chi connectivity index (χ1v) is 12.7. The summed E-state index contributed by atoms with van der Waals surface area (Å²) < 4.78 is 20.3. The largest absolute Gasteiger partial charge is 0.492 e. The van der Waals surface area contributed by atoms with E-state index < -0.39 is 0 Å². The van der Waals surface area contributed by atoms with Crippen LogP contribution in [-0.2, 0) is 0 Å². The minimum absolute atomic E-state index is 0.361. The zero-order valence-corrected chi connectivity index (χ0v) is 21.0. The van der Waals surface area contributed by atoms with Crippen molar-refractivity contribution in [3.8, 4) is 28.4 Å². The molecule has 4 aromatic heterocycles. The number of halogens is 1. The lowest BCUT2D eigenvalue weighted by Crippen LogP contribution is -2.27. The van der Waals surface area contributed by atoms with E-state index in [9.17, 15) is 4.39 Å². The molecule has 9 heteroatoms. The molecule has 37 heavy (non-hydrogen) atoms. The molecule has 0 spiro atoms. The molecule has 190 valence electrons. The molecule has 6 rings (SSSR count). The van der Waals surface area contributed by atoms with E-state index in [1.54, 1.807) is 6.20 Å². The fourth-order valence-electron chi connectivity index (χ4n) is 4.99. The number of piperidine rings is 1. The lowest BCUT2D eigenvalue weighted by atomic mass is 9.94. The van der Waals surface area contributed by atoms with Gasteiger partial charge in [-0.2, -0.15) is 5.10 Å². The van der Waals surface area contributed by atoms with Gasteiger partial charge in [-0.1, -0.05) is 0 Å². The van der Waals surface area contributed by atoms with Crippen molar-refractivity contribution in [1.82, 2.24) is 35.4 Å². The summed E-state index contributed by atoms with van der Waals surface area (Å²) in [5.74, 6) is 0.577. The predicted molar refractivity (Wildman–Crippen MR) is 143 cm³/mol. The van der Waals surface area contributed by atoms with E-state index >= 15 is 0 Å². The second-order valence-electron chi connectivity index (χ2n) is 9.86. The van der Waals surface area contributed by atoms with Gasteiger partial charge in [0.1, 0.15) is 29.4 Å². The Hall–Kier alpha value is -3.82. The number of hydrogen-bond acceptors (Lipinski definition) is 6. The molecular weight excluding hydrogens is 469 g/mol. The van der Waals surface area contributed by atoms with Gasteiger partial charge in [0, 0.05) is 46.9 Å². The van der Waals surface area contributed by atoms with Gasteiger partial charge in [0.25, 0.3) is 0 Å². The van der Waals surface area contributed by atoms with Gasteiger partial charge >= 0.3 is 0 Å². The Morgan fingerprint density at radius 3 is 2.73 bits per heavy atom. The summed E-state index contributed by atoms with van der Waals surface area (Å²) in [5, 5.41) is 12.0. The number of ether oxygens (including phenoxy) is 1. The van der Waals surface area contributed by atoms with Gasteiger partial charge in [0.15, 0.2) is 0 Å². The smallest absolute Gasteiger partial charge is 0.135 e. The summed E-state index contributed by atoms with van der Waals surface area (Å²) in [7, 11) is 3.95. The molecule has 0 unspecified atom stereocenters. The molecule has 0 amide bonds. The van der Waals surface area contributed by atoms with Crippen molar-refractivity contribution in [2.45, 2.75) is 18.8 Å². The molecule has 1 aliphatic rings. The molecule has 1 aliphatic heterocycles. The Balaban J connectivity index is 1.37. The van der Waals surface area contributed by atoms with E-state index in [0.717, 1.165) is 71.5 Å². The van der Waals surface area contributed by atoms with Gasteiger partial charge in [0.05, 0.1) is 16.9 Å². The van der Waals surface area contributed by atoms with Gasteiger partial charge in [-0.3, -0.25) is 10.1 Å². The molecule has 5 aromatic rings. The first-order chi connectivity index (χ1) is 18.0. The van der Waals surface area contributed by atoms with Crippen LogP contribution in [0.15, 0.2) is 48.7 Å². The summed E-state index contributed by atoms with van der Waals surface area (Å²) in [6.07, 6.45) is 3.90. The molecule has 1 saturated heterocycles. The number of likely N-dealkylation sites (N-methyl/N-ethyl adjacent to an activating group) is 1. The maximum atomic E-state index is 14.5. The zero-order chi connectivity index (χ0) is 25.4. The first kappa shape index (κ1) is 23.6. The average Bonchev–Trinajstić information content (AvgIpc) is 3.52. The standard InChI is InChI=1S/C28H30FN7O/c1-36(2)11-12-37-20-14-18(13-19(29)15-20)26-21-16-25(32-23(21)7-10-31-26)28-27-24(34-35-28)4-3-22(33-27)17-5-8-30-9-6-17/h3-4,7,10,13-17,30,32H,5-6,8-9,11-12H2,1-2H3,(H,34,35). The van der Waals surface area contributed by atoms with E-state index in [4.69, 9.17) is 9.72 Å². The van der Waals surface area contributed by atoms with Gasteiger partial charge in [-0.25, -0.2) is 9.37 Å². The van der Waals surface area contributed by atoms with Crippen molar-refractivity contribution in [3.63, 3.8) is 0 Å². The van der Waals surface area contributed by atoms with Crippen LogP contribution in [0, 0.1) is 5.82 Å². The number of rotatable bonds is 7. The molecule has 8 nitrogen and oxygen atoms in total. The van der Waals surface area contributed by atoms with Gasteiger partial charge in [-0.15, -0.1) is 0 Å². The molecule has 1 fully saturated rings. The lowest BCUT2D eigenvalue weighted by molar-refractivity contribution is 0.260. The Labute approximate surface area is 214 Å². The van der Waals surface area contributed by atoms with Crippen molar-refractivity contribution in [2.75, 3.05) is 40.3 Å². The van der Waals surface area contributed by atoms with Crippen molar-refractivity contribution >= 4 is 21.9 Å². The third kappa shape index (κ3) is 4.80. The van der Waals surface area contributed by atoms with Crippen LogP contribution in [0.25, 0.3) is 44.6 Å². The van der Waals surface area contributed by atoms with Crippen LogP contribution in [-0.4, -0.2) is 70.4 Å². The molecule has 0 radical (unpaired) electrons. The van der Waals surface area contributed by atoms with Crippen LogP contribution in [0.3, 0.4) is 0 Å². The summed E-state index contributed by atoms with van der Waals surface area (Å²) >= 11 is 0. The first-order valence-electron chi connectivity index (χ1n) is 12.7. The van der Waals surface area contributed by atoms with Gasteiger partial charge < -0.3 is 19.9 Å². The SMILES string of the molecule is CN(C)CCOc1cc(F)cc(-c2nccc3[nH]c(-c4n[nH]c5ccc(C6CCNCC6)nc45)cc23)c1. The van der Waals surface area contributed by atoms with Crippen LogP contribution < -0.4 is 10.1 Å². The maximum absolute atomic E-state index is 14.5. The van der Waals surface area contributed by atoms with E-state index in [0.29, 0.717) is 29.5 Å². The molecule has 0 saturated carbocycles. The summed E-state index contributed by atoms with van der Waals surface area (Å²) in [6, 6.07) is 12.8. The molecule has 0 bridgehead atoms. The Morgan fingerprint density at radius 2 is 1.89 bits per heavy atom. The van der Waals surface area contributed by atoms with Crippen molar-refractivity contribution in [3.05, 3.63) is 60.2 Å². The van der Waals surface area contributed by atoms with E-state index in [2.05, 4.69) is 37.6 Å². The van der Waals surface area contributed by atoms with E-state index in [-0.39, 0.29) is 5.82 Å². The molecule has 5 heterocycles. The average molecular weight is 500 g/mol. The summed E-state index contributed by atoms with van der Waals surface area (Å²) in [4.78, 5) is 15.1. The summed E-state index contributed by atoms with van der Waals surface area (Å²) in [5.41, 5.74) is 6.69. The van der Waals surface area contributed by atoms with Gasteiger partial charge in [-0.05, 0) is 76.4 Å². The van der Waals surface area contributed by atoms with E-state index in [1.165, 1.54) is 12.1 Å². The van der Waals surface area contributed by atoms with Crippen molar-refractivity contribution in [2.24, 2.45) is 0 Å². The lowest BCUT2D eigenvalue weighted by Gasteiger charge is -2.22. The fraction of sp³-hybridized carbons (Fsp3) is 0.321. The normalized spacial score (nSPS) is 14.7. The number of benzene rings is 1. The molecular formula is C28H30FN7O. The number of fused-ring (bicyclic) bond motifs is 2. The highest BCUT2D eigenvalue weighted by Gasteiger charge is 2.20. The summed E-state index contributed by atoms with van der Waals surface area (Å²) in [6.45, 7) is 3.25. The number of nitrogens with zero attached hydrogens (tertiary/aromatic N) is 4. The second-order valence-corrected chi connectivity index (χ2v) is 9.86. The minimum Gasteiger partial charge on any atom is -0.492 e. The second kappa shape index (κ2) is 9.91. The van der Waals surface area contributed by atoms with Crippen LogP contribution in [0.4, 0.5) is 4.39 Å². The molecule has 1 aromatic carbocycles. The highest BCUT2D eigenvalue weighted by molar-refractivity contribution is 5.99. The molecule has 0 atom stereocenters. The van der Waals surface area contributed by atoms with Gasteiger partial charge in [0.2, 0.25) is 0 Å². The third-order valence-corrected chi connectivity index (χ3v) is 6.94. The van der Waals surface area contributed by atoms with Crippen LogP contribution in [0.5, 0.6) is 5.75 Å². The number of hydrogen-bond donors (Lipinski definition) is 3. The highest BCUT2D eigenvalue weighted by Crippen LogP contribution is 2.34. The molecule has 3 N–H and O–H groups in total. The predicted octanol–water partition coefficient (Wildman–Crippen LogP) is 4.71. The Bertz CT molecular complexity index is 1550. The van der Waals surface area contributed by atoms with Crippen LogP contribution in [0.1, 0.15) is 24.5 Å². The topological polar surface area (TPSA) is 94.8 Å². The number of nitrogens with one attached hydrogen (secondary N) is 3. The fourth-order valence-corrected chi connectivity index (χ4v) is 4.99. The minimum atomic E-state index is -0.361. The van der Waals surface area contributed by atoms with Crippen LogP contribution in [0.2, 0.25) is 0 Å². The highest BCUT2D eigenvalue weighted by atomic mass is 19.1. The van der Waals surface area contributed by atoms with Crippen molar-refractivity contribution < 1.29 is 9.13 Å². The quantitative estimate of drug-likeness (QED) is 0.300. The van der Waals surface area contributed by atoms with E-state index in [1.807, 2.05) is 37.2 Å². The zero-order valence-electron chi connectivity index (χ0n) is 21.0. The third-order valence-electron chi connectivity index (χ3n) is 6.94. The van der Waals surface area contributed by atoms with Crippen LogP contribution >= 0.6 is 0 Å². The number of pyridine rings is 2. The Kier molecular flexibility index (Phi) is 6.31. The Morgan fingerprint density at radius 1 is 1.03 bits per heavy atom. The number of aromatic amines is 2. The molecule has 0 aliphatic carbocycles. The maximum Gasteiger partial charge on any atom is 0.135 e. The van der Waals surface area contributed by atoms with Crippen molar-refractivity contribution in [1.29, 1.82) is 0 Å². The number of H-pyrrole nitrogens is 2.